The van der Waals surface area contributed by atoms with E-state index in [-0.39, 0.29) is 5.56 Å². The molecule has 0 atom stereocenters. The summed E-state index contributed by atoms with van der Waals surface area (Å²) in [6, 6.07) is 3.38. The summed E-state index contributed by atoms with van der Waals surface area (Å²) in [7, 11) is 0. The number of aromatic nitrogens is 1. The second-order valence-corrected chi connectivity index (χ2v) is 6.41. The molecule has 2 fully saturated rings. The van der Waals surface area contributed by atoms with E-state index in [1.807, 2.05) is 0 Å². The summed E-state index contributed by atoms with van der Waals surface area (Å²) in [6.45, 7) is 0.767. The molecule has 1 N–H and O–H groups in total. The van der Waals surface area contributed by atoms with Gasteiger partial charge in [-0.05, 0) is 63.0 Å². The molecule has 0 unspecified atom stereocenters. The van der Waals surface area contributed by atoms with Gasteiger partial charge < -0.3 is 9.88 Å². The van der Waals surface area contributed by atoms with Crippen molar-refractivity contribution in [2.45, 2.75) is 70.0 Å². The summed E-state index contributed by atoms with van der Waals surface area (Å²) in [4.78, 5) is 12.7. The fraction of sp³-hybridized carbons (Fsp3) is 0.688. The summed E-state index contributed by atoms with van der Waals surface area (Å²) in [6.07, 6.45) is 9.77. The molecule has 3 aliphatic rings. The van der Waals surface area contributed by atoms with E-state index in [1.165, 1.54) is 56.2 Å². The van der Waals surface area contributed by atoms with Gasteiger partial charge in [-0.3, -0.25) is 4.79 Å². The summed E-state index contributed by atoms with van der Waals surface area (Å²) >= 11 is 0. The summed E-state index contributed by atoms with van der Waals surface area (Å²) in [5.41, 5.74) is 4.09. The van der Waals surface area contributed by atoms with Crippen molar-refractivity contribution >= 4 is 0 Å². The Kier molecular flexibility index (Phi) is 2.76. The number of nitrogens with zero attached hydrogens (tertiary/aromatic N) is 1. The van der Waals surface area contributed by atoms with Crippen LogP contribution in [0.5, 0.6) is 0 Å². The molecular formula is C16H22N2O. The van der Waals surface area contributed by atoms with E-state index in [1.54, 1.807) is 0 Å². The van der Waals surface area contributed by atoms with Crippen LogP contribution >= 0.6 is 0 Å². The van der Waals surface area contributed by atoms with Gasteiger partial charge in [0, 0.05) is 29.9 Å². The zero-order chi connectivity index (χ0) is 12.8. The Balaban J connectivity index is 1.73. The molecule has 0 amide bonds. The smallest absolute Gasteiger partial charge is 0.255 e. The Bertz CT molecular complexity index is 553. The van der Waals surface area contributed by atoms with E-state index in [2.05, 4.69) is 16.0 Å². The van der Waals surface area contributed by atoms with Gasteiger partial charge >= 0.3 is 0 Å². The van der Waals surface area contributed by atoms with E-state index < -0.39 is 0 Å². The van der Waals surface area contributed by atoms with Crippen LogP contribution < -0.4 is 10.9 Å². The number of nitrogens with one attached hydrogen (secondary N) is 1. The Labute approximate surface area is 114 Å². The lowest BCUT2D eigenvalue weighted by Gasteiger charge is -2.22. The molecule has 3 aliphatic carbocycles. The highest BCUT2D eigenvalue weighted by Gasteiger charge is 2.30. The quantitative estimate of drug-likeness (QED) is 0.899. The van der Waals surface area contributed by atoms with Crippen molar-refractivity contribution in [3.63, 3.8) is 0 Å². The van der Waals surface area contributed by atoms with Gasteiger partial charge in [-0.1, -0.05) is 0 Å². The van der Waals surface area contributed by atoms with Gasteiger partial charge in [-0.2, -0.15) is 0 Å². The number of hydrogen-bond donors (Lipinski definition) is 1. The maximum Gasteiger partial charge on any atom is 0.255 e. The van der Waals surface area contributed by atoms with Gasteiger partial charge in [0.15, 0.2) is 0 Å². The highest BCUT2D eigenvalue weighted by atomic mass is 16.1. The highest BCUT2D eigenvalue weighted by molar-refractivity contribution is 5.30. The Morgan fingerprint density at radius 3 is 2.68 bits per heavy atom. The molecule has 102 valence electrons. The van der Waals surface area contributed by atoms with Gasteiger partial charge in [0.25, 0.3) is 5.56 Å². The van der Waals surface area contributed by atoms with Crippen LogP contribution in [0.3, 0.4) is 0 Å². The number of fused-ring (bicyclic) bond motifs is 1. The van der Waals surface area contributed by atoms with Crippen molar-refractivity contribution in [1.82, 2.24) is 9.88 Å². The van der Waals surface area contributed by atoms with Crippen LogP contribution in [-0.4, -0.2) is 10.6 Å². The monoisotopic (exact) mass is 258 g/mol. The normalized spacial score (nSPS) is 22.3. The van der Waals surface area contributed by atoms with Crippen molar-refractivity contribution in [3.05, 3.63) is 33.2 Å². The maximum absolute atomic E-state index is 12.7. The number of aryl methyl sites for hydroxylation is 1. The minimum absolute atomic E-state index is 0.288. The third-order valence-electron chi connectivity index (χ3n) is 4.68. The number of rotatable bonds is 4. The van der Waals surface area contributed by atoms with Crippen LogP contribution in [0.2, 0.25) is 0 Å². The van der Waals surface area contributed by atoms with Crippen LogP contribution in [-0.2, 0) is 19.4 Å². The lowest BCUT2D eigenvalue weighted by atomic mass is 9.94. The average molecular weight is 258 g/mol. The first-order valence-electron chi connectivity index (χ1n) is 7.82. The molecule has 3 heteroatoms. The summed E-state index contributed by atoms with van der Waals surface area (Å²) < 4.78 is 2.15. The first kappa shape index (κ1) is 11.7. The first-order valence-corrected chi connectivity index (χ1v) is 7.82. The standard InChI is InChI=1S/C16H22N2O/c19-16-12(10-17-13-5-6-13)9-11-3-1-2-4-15(11)18(16)14-7-8-14/h9,13-14,17H,1-8,10H2. The van der Waals surface area contributed by atoms with E-state index in [0.717, 1.165) is 18.5 Å². The maximum atomic E-state index is 12.7. The van der Waals surface area contributed by atoms with Crippen molar-refractivity contribution in [1.29, 1.82) is 0 Å². The Morgan fingerprint density at radius 1 is 1.16 bits per heavy atom. The van der Waals surface area contributed by atoms with E-state index in [0.29, 0.717) is 12.1 Å². The predicted octanol–water partition coefficient (Wildman–Crippen LogP) is 2.31. The van der Waals surface area contributed by atoms with Crippen LogP contribution in [0.25, 0.3) is 0 Å². The first-order chi connectivity index (χ1) is 9.33. The van der Waals surface area contributed by atoms with Crippen molar-refractivity contribution < 1.29 is 0 Å². The molecular weight excluding hydrogens is 236 g/mol. The molecule has 19 heavy (non-hydrogen) atoms. The second-order valence-electron chi connectivity index (χ2n) is 6.41. The van der Waals surface area contributed by atoms with Crippen molar-refractivity contribution in [2.24, 2.45) is 0 Å². The largest absolute Gasteiger partial charge is 0.310 e. The number of hydrogen-bond acceptors (Lipinski definition) is 2. The lowest BCUT2D eigenvalue weighted by molar-refractivity contribution is 0.570. The molecule has 1 heterocycles. The molecule has 0 saturated heterocycles. The number of pyridine rings is 1. The second kappa shape index (κ2) is 4.48. The minimum atomic E-state index is 0.288. The van der Waals surface area contributed by atoms with Gasteiger partial charge in [-0.25, -0.2) is 0 Å². The molecule has 0 aromatic carbocycles. The molecule has 0 bridgehead atoms. The lowest BCUT2D eigenvalue weighted by Crippen LogP contribution is -2.31. The summed E-state index contributed by atoms with van der Waals surface area (Å²) in [5, 5.41) is 3.49. The zero-order valence-corrected chi connectivity index (χ0v) is 11.5. The molecule has 0 spiro atoms. The van der Waals surface area contributed by atoms with Crippen molar-refractivity contribution in [2.75, 3.05) is 0 Å². The van der Waals surface area contributed by atoms with Crippen LogP contribution in [0.1, 0.15) is 61.4 Å². The highest BCUT2D eigenvalue weighted by Crippen LogP contribution is 2.36. The van der Waals surface area contributed by atoms with Gasteiger partial charge in [0.1, 0.15) is 0 Å². The zero-order valence-electron chi connectivity index (χ0n) is 11.5. The molecule has 1 aromatic heterocycles. The van der Waals surface area contributed by atoms with Gasteiger partial charge in [0.05, 0.1) is 0 Å². The van der Waals surface area contributed by atoms with E-state index in [4.69, 9.17) is 0 Å². The third kappa shape index (κ3) is 2.25. The SMILES string of the molecule is O=c1c(CNC2CC2)cc2c(n1C1CC1)CCCC2. The van der Waals surface area contributed by atoms with Crippen LogP contribution in [0, 0.1) is 0 Å². The third-order valence-corrected chi connectivity index (χ3v) is 4.68. The fourth-order valence-corrected chi connectivity index (χ4v) is 3.28. The van der Waals surface area contributed by atoms with Crippen LogP contribution in [0.4, 0.5) is 0 Å². The Hall–Kier alpha value is -1.09. The Morgan fingerprint density at radius 2 is 1.95 bits per heavy atom. The van der Waals surface area contributed by atoms with Crippen LogP contribution in [0.15, 0.2) is 10.9 Å². The van der Waals surface area contributed by atoms with Gasteiger partial charge in [-0.15, -0.1) is 0 Å². The minimum Gasteiger partial charge on any atom is -0.310 e. The molecule has 3 nitrogen and oxygen atoms in total. The van der Waals surface area contributed by atoms with E-state index in [9.17, 15) is 4.79 Å². The summed E-state index contributed by atoms with van der Waals surface area (Å²) in [5.74, 6) is 0. The molecule has 1 aromatic rings. The molecule has 0 radical (unpaired) electrons. The average Bonchev–Trinajstić information content (AvgIpc) is 3.29. The topological polar surface area (TPSA) is 34.0 Å². The molecule has 0 aliphatic heterocycles. The fourth-order valence-electron chi connectivity index (χ4n) is 3.28. The van der Waals surface area contributed by atoms with Gasteiger partial charge in [0.2, 0.25) is 0 Å². The predicted molar refractivity (Wildman–Crippen MR) is 75.5 cm³/mol. The van der Waals surface area contributed by atoms with Crippen molar-refractivity contribution in [3.8, 4) is 0 Å². The van der Waals surface area contributed by atoms with E-state index >= 15 is 0 Å². The molecule has 2 saturated carbocycles. The molecule has 4 rings (SSSR count).